The average molecular weight is 665 g/mol. The van der Waals surface area contributed by atoms with E-state index in [0.717, 1.165) is 45.0 Å². The van der Waals surface area contributed by atoms with Crippen LogP contribution in [0, 0.1) is 13.8 Å². The first-order valence-electron chi connectivity index (χ1n) is 19.6. The van der Waals surface area contributed by atoms with E-state index >= 15 is 0 Å². The third-order valence-corrected chi connectivity index (χ3v) is 11.4. The van der Waals surface area contributed by atoms with Crippen LogP contribution in [0.2, 0.25) is 0 Å². The Morgan fingerprint density at radius 3 is 1.56 bits per heavy atom. The smallest absolute Gasteiger partial charge is 0.0541 e. The molecule has 1 aliphatic carbocycles. The summed E-state index contributed by atoms with van der Waals surface area (Å²) in [5, 5.41) is 9.74. The number of fused-ring (bicyclic) bond motifs is 12. The maximum Gasteiger partial charge on any atom is 0.0541 e. The first kappa shape index (κ1) is 26.4. The first-order valence-corrected chi connectivity index (χ1v) is 18.1. The van der Waals surface area contributed by atoms with Crippen LogP contribution in [0.25, 0.3) is 93.2 Å². The maximum atomic E-state index is 8.08. The Balaban J connectivity index is 1.04. The van der Waals surface area contributed by atoms with Crippen molar-refractivity contribution in [2.45, 2.75) is 20.2 Å². The number of hydrogen-bond acceptors (Lipinski definition) is 0. The molecule has 0 atom stereocenters. The van der Waals surface area contributed by atoms with E-state index in [1.165, 1.54) is 71.3 Å². The van der Waals surface area contributed by atoms with Crippen molar-refractivity contribution < 1.29 is 4.11 Å². The zero-order valence-corrected chi connectivity index (χ0v) is 28.7. The molecule has 1 nitrogen and oxygen atoms in total. The second-order valence-corrected chi connectivity index (χ2v) is 14.3. The molecule has 1 heteroatoms. The molecule has 0 radical (unpaired) electrons. The first-order chi connectivity index (χ1) is 26.8. The lowest BCUT2D eigenvalue weighted by molar-refractivity contribution is 1.18. The van der Waals surface area contributed by atoms with E-state index in [2.05, 4.69) is 157 Å². The minimum absolute atomic E-state index is 0.360. The van der Waals surface area contributed by atoms with Crippen molar-refractivity contribution in [1.82, 2.24) is 4.57 Å². The van der Waals surface area contributed by atoms with Crippen molar-refractivity contribution in [3.8, 4) is 39.1 Å². The molecule has 0 spiro atoms. The van der Waals surface area contributed by atoms with Gasteiger partial charge in [-0.3, -0.25) is 0 Å². The molecule has 0 aliphatic heterocycles. The standard InChI is InChI=1S/C51H35N/c1-31-20-24-50-48(26-31)49-27-32(2)21-25-51(49)52(50)35-11-7-10-33(28-35)36-16-8-18-42-43-19-9-17-37(47(43)30-46(36)42)34-22-23-44-40-14-4-3-12-38(40)39-13-5-6-15-41(39)45(44)29-34/h3-29H,30H2,1-2H3/i1D3. The van der Waals surface area contributed by atoms with Crippen LogP contribution in [0.5, 0.6) is 0 Å². The van der Waals surface area contributed by atoms with E-state index in [-0.39, 0.29) is 0 Å². The minimum Gasteiger partial charge on any atom is -0.309 e. The molecule has 52 heavy (non-hydrogen) atoms. The summed E-state index contributed by atoms with van der Waals surface area (Å²) in [6, 6.07) is 58.9. The van der Waals surface area contributed by atoms with Crippen LogP contribution in [0.3, 0.4) is 0 Å². The molecule has 1 aromatic heterocycles. The highest BCUT2D eigenvalue weighted by molar-refractivity contribution is 6.25. The summed E-state index contributed by atoms with van der Waals surface area (Å²) >= 11 is 0. The fourth-order valence-corrected chi connectivity index (χ4v) is 9.08. The molecule has 0 N–H and O–H groups in total. The van der Waals surface area contributed by atoms with Gasteiger partial charge in [0.2, 0.25) is 0 Å². The number of nitrogens with zero attached hydrogens (tertiary/aromatic N) is 1. The number of rotatable bonds is 3. The summed E-state index contributed by atoms with van der Waals surface area (Å²) in [5.41, 5.74) is 14.8. The van der Waals surface area contributed by atoms with Crippen LogP contribution in [0.4, 0.5) is 0 Å². The molecule has 244 valence electrons. The van der Waals surface area contributed by atoms with E-state index in [1.54, 1.807) is 6.07 Å². The van der Waals surface area contributed by atoms with Crippen LogP contribution >= 0.6 is 0 Å². The highest BCUT2D eigenvalue weighted by Gasteiger charge is 2.25. The van der Waals surface area contributed by atoms with Crippen molar-refractivity contribution in [3.05, 3.63) is 186 Å². The quantitative estimate of drug-likeness (QED) is 0.166. The number of hydrogen-bond donors (Lipinski definition) is 0. The number of benzene rings is 9. The second kappa shape index (κ2) is 11.0. The largest absolute Gasteiger partial charge is 0.309 e. The average Bonchev–Trinajstić information content (AvgIpc) is 3.76. The van der Waals surface area contributed by atoms with E-state index in [4.69, 9.17) is 4.11 Å². The van der Waals surface area contributed by atoms with Crippen LogP contribution < -0.4 is 0 Å². The molecule has 0 saturated carbocycles. The topological polar surface area (TPSA) is 4.93 Å². The van der Waals surface area contributed by atoms with Crippen molar-refractivity contribution in [1.29, 1.82) is 0 Å². The van der Waals surface area contributed by atoms with Gasteiger partial charge < -0.3 is 4.57 Å². The lowest BCUT2D eigenvalue weighted by Crippen LogP contribution is -1.95. The molecule has 9 aromatic carbocycles. The lowest BCUT2D eigenvalue weighted by atomic mass is 9.90. The highest BCUT2D eigenvalue weighted by Crippen LogP contribution is 2.46. The normalized spacial score (nSPS) is 13.4. The van der Waals surface area contributed by atoms with Crippen LogP contribution in [0.15, 0.2) is 164 Å². The van der Waals surface area contributed by atoms with Gasteiger partial charge in [0.05, 0.1) is 11.0 Å². The third kappa shape index (κ3) is 4.23. The Kier molecular flexibility index (Phi) is 5.59. The molecular weight excluding hydrogens is 627 g/mol. The van der Waals surface area contributed by atoms with E-state index in [0.29, 0.717) is 5.56 Å². The predicted molar refractivity (Wildman–Crippen MR) is 222 cm³/mol. The van der Waals surface area contributed by atoms with Crippen LogP contribution in [-0.4, -0.2) is 4.57 Å². The molecule has 0 saturated heterocycles. The van der Waals surface area contributed by atoms with Gasteiger partial charge in [0, 0.05) is 20.6 Å². The fourth-order valence-electron chi connectivity index (χ4n) is 9.08. The van der Waals surface area contributed by atoms with Crippen molar-refractivity contribution in [2.75, 3.05) is 0 Å². The predicted octanol–water partition coefficient (Wildman–Crippen LogP) is 13.8. The van der Waals surface area contributed by atoms with Gasteiger partial charge in [-0.25, -0.2) is 0 Å². The molecule has 11 rings (SSSR count). The van der Waals surface area contributed by atoms with E-state index in [9.17, 15) is 0 Å². The Morgan fingerprint density at radius 2 is 0.923 bits per heavy atom. The fraction of sp³-hybridized carbons (Fsp3) is 0.0588. The van der Waals surface area contributed by atoms with Crippen molar-refractivity contribution >= 4 is 54.1 Å². The number of aromatic nitrogens is 1. The molecule has 0 bridgehead atoms. The van der Waals surface area contributed by atoms with Gasteiger partial charge in [-0.2, -0.15) is 0 Å². The lowest BCUT2D eigenvalue weighted by Gasteiger charge is -2.14. The summed E-state index contributed by atoms with van der Waals surface area (Å²) in [7, 11) is 0. The van der Waals surface area contributed by atoms with Gasteiger partial charge >= 0.3 is 0 Å². The summed E-state index contributed by atoms with van der Waals surface area (Å²) in [5.74, 6) is 0. The minimum atomic E-state index is -2.17. The van der Waals surface area contributed by atoms with Crippen LogP contribution in [-0.2, 0) is 6.42 Å². The highest BCUT2D eigenvalue weighted by atomic mass is 15.0. The van der Waals surface area contributed by atoms with Gasteiger partial charge in [-0.1, -0.05) is 132 Å². The molecular formula is C51H35N. The molecule has 0 fully saturated rings. The number of aryl methyl sites for hydroxylation is 2. The molecule has 1 heterocycles. The summed E-state index contributed by atoms with van der Waals surface area (Å²) in [6.07, 6.45) is 0.851. The third-order valence-electron chi connectivity index (χ3n) is 11.4. The Labute approximate surface area is 307 Å². The summed E-state index contributed by atoms with van der Waals surface area (Å²) in [4.78, 5) is 0. The van der Waals surface area contributed by atoms with Gasteiger partial charge in [-0.15, -0.1) is 0 Å². The van der Waals surface area contributed by atoms with Crippen molar-refractivity contribution in [2.24, 2.45) is 0 Å². The zero-order chi connectivity index (χ0) is 37.0. The van der Waals surface area contributed by atoms with E-state index in [1.807, 2.05) is 12.1 Å². The zero-order valence-electron chi connectivity index (χ0n) is 31.7. The molecule has 1 aliphatic rings. The summed E-state index contributed by atoms with van der Waals surface area (Å²) < 4.78 is 26.5. The molecule has 0 amide bonds. The molecule has 10 aromatic rings. The Hall–Kier alpha value is -6.44. The van der Waals surface area contributed by atoms with Gasteiger partial charge in [-0.05, 0) is 139 Å². The SMILES string of the molecule is [2H]C([2H])([2H])c1ccc2c(c1)c1cc(C)ccc1n2-c1cccc(-c2cccc3c2Cc2c(-c4ccc5c6ccccc6c6ccccc6c5c4)cccc2-3)c1. The van der Waals surface area contributed by atoms with Gasteiger partial charge in [0.1, 0.15) is 0 Å². The van der Waals surface area contributed by atoms with E-state index < -0.39 is 6.85 Å². The second-order valence-electron chi connectivity index (χ2n) is 14.3. The van der Waals surface area contributed by atoms with Gasteiger partial charge in [0.15, 0.2) is 0 Å². The molecule has 0 unspecified atom stereocenters. The monoisotopic (exact) mass is 664 g/mol. The van der Waals surface area contributed by atoms with Crippen molar-refractivity contribution in [3.63, 3.8) is 0 Å². The van der Waals surface area contributed by atoms with Gasteiger partial charge in [0.25, 0.3) is 0 Å². The Bertz CT molecular complexity index is 3200. The summed E-state index contributed by atoms with van der Waals surface area (Å²) in [6.45, 7) is -0.0883. The van der Waals surface area contributed by atoms with Crippen LogP contribution in [0.1, 0.15) is 26.4 Å². The Morgan fingerprint density at radius 1 is 0.404 bits per heavy atom. The maximum absolute atomic E-state index is 8.08.